The van der Waals surface area contributed by atoms with E-state index >= 15 is 0 Å². The van der Waals surface area contributed by atoms with Crippen LogP contribution in [0.25, 0.3) is 11.7 Å². The maximum absolute atomic E-state index is 11.9. The van der Waals surface area contributed by atoms with Crippen molar-refractivity contribution in [3.8, 4) is 11.7 Å². The molecule has 2 heterocycles. The third-order valence-electron chi connectivity index (χ3n) is 4.02. The third kappa shape index (κ3) is 3.04. The van der Waals surface area contributed by atoms with Crippen LogP contribution in [0.2, 0.25) is 0 Å². The molecular formula is C14H20N4O4S. The highest BCUT2D eigenvalue weighted by molar-refractivity contribution is 7.86. The lowest BCUT2D eigenvalue weighted by molar-refractivity contribution is 0.397. The Morgan fingerprint density at radius 2 is 2.04 bits per heavy atom. The molecule has 0 amide bonds. The molecule has 1 aliphatic rings. The maximum atomic E-state index is 11.9. The molecule has 0 aromatic carbocycles. The average molecular weight is 340 g/mol. The first-order chi connectivity index (χ1) is 10.9. The fourth-order valence-electron chi connectivity index (χ4n) is 2.64. The Morgan fingerprint density at radius 3 is 2.78 bits per heavy atom. The third-order valence-corrected chi connectivity index (χ3v) is 5.91. The highest BCUT2D eigenvalue weighted by Crippen LogP contribution is 2.33. The lowest BCUT2D eigenvalue weighted by Gasteiger charge is -2.20. The number of hydrogen-bond acceptors (Lipinski definition) is 6. The quantitative estimate of drug-likeness (QED) is 0.782. The smallest absolute Gasteiger partial charge is 0.293 e. The zero-order valence-electron chi connectivity index (χ0n) is 13.4. The summed E-state index contributed by atoms with van der Waals surface area (Å²) in [6, 6.07) is 0. The summed E-state index contributed by atoms with van der Waals surface area (Å²) in [5.74, 6) is 1.47. The molecule has 0 saturated carbocycles. The zero-order chi connectivity index (χ0) is 16.6. The van der Waals surface area contributed by atoms with Crippen molar-refractivity contribution in [3.63, 3.8) is 0 Å². The van der Waals surface area contributed by atoms with Crippen molar-refractivity contribution in [1.82, 2.24) is 18.8 Å². The van der Waals surface area contributed by atoms with Crippen molar-refractivity contribution in [2.24, 2.45) is 0 Å². The van der Waals surface area contributed by atoms with Gasteiger partial charge in [-0.3, -0.25) is 0 Å². The Kier molecular flexibility index (Phi) is 4.26. The van der Waals surface area contributed by atoms with Crippen LogP contribution in [-0.2, 0) is 29.5 Å². The number of hydrogen-bond donors (Lipinski definition) is 0. The molecule has 0 bridgehead atoms. The Labute approximate surface area is 135 Å². The monoisotopic (exact) mass is 340 g/mol. The summed E-state index contributed by atoms with van der Waals surface area (Å²) in [6.07, 6.45) is 5.22. The minimum Gasteiger partial charge on any atom is -0.459 e. The van der Waals surface area contributed by atoms with Crippen LogP contribution in [0.4, 0.5) is 0 Å². The second kappa shape index (κ2) is 6.06. The number of furan rings is 1. The van der Waals surface area contributed by atoms with E-state index in [1.165, 1.54) is 35.3 Å². The van der Waals surface area contributed by atoms with Gasteiger partial charge >= 0.3 is 0 Å². The van der Waals surface area contributed by atoms with Crippen molar-refractivity contribution in [2.75, 3.05) is 27.7 Å². The second-order valence-corrected chi connectivity index (χ2v) is 8.05. The SMILES string of the molecule is CN(C)S(=O)(=O)N(C)CCc1noc(-c2occ3c2CCC3)n1. The molecule has 0 aliphatic heterocycles. The number of rotatable bonds is 6. The van der Waals surface area contributed by atoms with E-state index in [4.69, 9.17) is 8.94 Å². The van der Waals surface area contributed by atoms with E-state index in [1.807, 2.05) is 0 Å². The molecule has 9 heteroatoms. The maximum Gasteiger partial charge on any atom is 0.293 e. The minimum absolute atomic E-state index is 0.274. The van der Waals surface area contributed by atoms with Gasteiger partial charge in [0.05, 0.1) is 6.26 Å². The molecule has 0 spiro atoms. The van der Waals surface area contributed by atoms with Crippen LogP contribution in [0, 0.1) is 0 Å². The number of likely N-dealkylation sites (N-methyl/N-ethyl adjacent to an activating group) is 1. The van der Waals surface area contributed by atoms with E-state index < -0.39 is 10.2 Å². The fourth-order valence-corrected chi connectivity index (χ4v) is 3.52. The summed E-state index contributed by atoms with van der Waals surface area (Å²) in [5, 5.41) is 3.92. The molecule has 0 unspecified atom stereocenters. The first kappa shape index (κ1) is 16.2. The van der Waals surface area contributed by atoms with Gasteiger partial charge in [0.1, 0.15) is 0 Å². The fraction of sp³-hybridized carbons (Fsp3) is 0.571. The number of aromatic nitrogens is 2. The van der Waals surface area contributed by atoms with E-state index in [0.717, 1.165) is 24.8 Å². The lowest BCUT2D eigenvalue weighted by atomic mass is 10.2. The van der Waals surface area contributed by atoms with Crippen molar-refractivity contribution in [3.05, 3.63) is 23.2 Å². The Bertz CT molecular complexity index is 794. The molecule has 0 radical (unpaired) electrons. The number of nitrogens with zero attached hydrogens (tertiary/aromatic N) is 4. The summed E-state index contributed by atoms with van der Waals surface area (Å²) in [5.41, 5.74) is 2.35. The highest BCUT2D eigenvalue weighted by atomic mass is 32.2. The Balaban J connectivity index is 1.68. The van der Waals surface area contributed by atoms with Gasteiger partial charge in [-0.05, 0) is 24.8 Å². The first-order valence-electron chi connectivity index (χ1n) is 7.45. The van der Waals surface area contributed by atoms with Crippen LogP contribution in [-0.4, -0.2) is 54.9 Å². The van der Waals surface area contributed by atoms with Crippen LogP contribution < -0.4 is 0 Å². The Morgan fingerprint density at radius 1 is 1.26 bits per heavy atom. The zero-order valence-corrected chi connectivity index (χ0v) is 14.3. The molecule has 1 aliphatic carbocycles. The van der Waals surface area contributed by atoms with E-state index in [2.05, 4.69) is 10.1 Å². The van der Waals surface area contributed by atoms with Gasteiger partial charge in [-0.2, -0.15) is 22.0 Å². The van der Waals surface area contributed by atoms with Gasteiger partial charge in [-0.25, -0.2) is 0 Å². The summed E-state index contributed by atoms with van der Waals surface area (Å²) in [7, 11) is 1.09. The minimum atomic E-state index is -3.43. The van der Waals surface area contributed by atoms with Gasteiger partial charge in [-0.15, -0.1) is 0 Å². The molecule has 0 N–H and O–H groups in total. The molecule has 8 nitrogen and oxygen atoms in total. The van der Waals surface area contributed by atoms with Gasteiger partial charge in [0, 0.05) is 39.7 Å². The molecule has 0 atom stereocenters. The molecule has 0 saturated heterocycles. The molecule has 3 rings (SSSR count). The average Bonchev–Trinajstić information content (AvgIpc) is 3.20. The van der Waals surface area contributed by atoms with Gasteiger partial charge in [0.2, 0.25) is 0 Å². The van der Waals surface area contributed by atoms with E-state index in [9.17, 15) is 8.42 Å². The van der Waals surface area contributed by atoms with Crippen LogP contribution >= 0.6 is 0 Å². The number of aryl methyl sites for hydroxylation is 1. The van der Waals surface area contributed by atoms with Crippen molar-refractivity contribution in [2.45, 2.75) is 25.7 Å². The lowest BCUT2D eigenvalue weighted by Crippen LogP contribution is -2.38. The molecular weight excluding hydrogens is 320 g/mol. The summed E-state index contributed by atoms with van der Waals surface area (Å²) < 4.78 is 37.1. The van der Waals surface area contributed by atoms with Gasteiger partial charge in [0.15, 0.2) is 11.6 Å². The van der Waals surface area contributed by atoms with Crippen molar-refractivity contribution < 1.29 is 17.4 Å². The van der Waals surface area contributed by atoms with Gasteiger partial charge in [-0.1, -0.05) is 5.16 Å². The van der Waals surface area contributed by atoms with E-state index in [1.54, 1.807) is 6.26 Å². The summed E-state index contributed by atoms with van der Waals surface area (Å²) >= 11 is 0. The topological polar surface area (TPSA) is 92.7 Å². The van der Waals surface area contributed by atoms with Crippen LogP contribution in [0.5, 0.6) is 0 Å². The first-order valence-corrected chi connectivity index (χ1v) is 8.85. The van der Waals surface area contributed by atoms with Gasteiger partial charge in [0.25, 0.3) is 16.1 Å². The molecule has 23 heavy (non-hydrogen) atoms. The summed E-state index contributed by atoms with van der Waals surface area (Å²) in [4.78, 5) is 4.32. The van der Waals surface area contributed by atoms with Crippen LogP contribution in [0.3, 0.4) is 0 Å². The van der Waals surface area contributed by atoms with Crippen molar-refractivity contribution in [1.29, 1.82) is 0 Å². The number of fused-ring (bicyclic) bond motifs is 1. The Hall–Kier alpha value is -1.71. The van der Waals surface area contributed by atoms with Gasteiger partial charge < -0.3 is 8.94 Å². The molecule has 126 valence electrons. The summed E-state index contributed by atoms with van der Waals surface area (Å²) in [6.45, 7) is 0.274. The normalized spacial score (nSPS) is 14.8. The van der Waals surface area contributed by atoms with Crippen molar-refractivity contribution >= 4 is 10.2 Å². The molecule has 0 fully saturated rings. The predicted molar refractivity (Wildman–Crippen MR) is 83.0 cm³/mol. The highest BCUT2D eigenvalue weighted by Gasteiger charge is 2.25. The van der Waals surface area contributed by atoms with Crippen LogP contribution in [0.15, 0.2) is 15.2 Å². The molecule has 2 aromatic heterocycles. The van der Waals surface area contributed by atoms with Crippen LogP contribution in [0.1, 0.15) is 23.4 Å². The molecule has 2 aromatic rings. The predicted octanol–water partition coefficient (Wildman–Crippen LogP) is 1.10. The van der Waals surface area contributed by atoms with E-state index in [0.29, 0.717) is 23.9 Å². The largest absolute Gasteiger partial charge is 0.459 e. The standard InChI is InChI=1S/C14H20N4O4S/c1-17(2)23(19,20)18(3)8-7-12-15-14(22-16-12)13-11-6-4-5-10(11)9-21-13/h9H,4-8H2,1-3H3. The van der Waals surface area contributed by atoms with E-state index in [-0.39, 0.29) is 6.54 Å². The second-order valence-electron chi connectivity index (χ2n) is 5.80.